The molecule has 8 heteroatoms. The lowest BCUT2D eigenvalue weighted by Crippen LogP contribution is -2.21. The number of carbonyl (C=O) groups excluding carboxylic acids is 1. The van der Waals surface area contributed by atoms with Crippen LogP contribution in [0.2, 0.25) is 5.02 Å². The topological polar surface area (TPSA) is 87.1 Å². The first-order chi connectivity index (χ1) is 12.5. The standard InChI is InChI=1S/C18H20ClN3O3S/c19-12-8-10(6-7-13(12)23)16-15-17(20-14(24)9-26-16)22(21-18(15)25)11-4-2-1-3-5-11/h6-8,11,16,23H,1-5,9H2,(H,20,24)(H,21,25). The summed E-state index contributed by atoms with van der Waals surface area (Å²) < 4.78 is 1.86. The lowest BCUT2D eigenvalue weighted by Gasteiger charge is -2.24. The average molecular weight is 394 g/mol. The number of halogens is 1. The molecule has 1 atom stereocenters. The van der Waals surface area contributed by atoms with Crippen molar-refractivity contribution < 1.29 is 9.90 Å². The Morgan fingerprint density at radius 3 is 2.69 bits per heavy atom. The third-order valence-electron chi connectivity index (χ3n) is 5.08. The monoisotopic (exact) mass is 393 g/mol. The Bertz CT molecular complexity index is 902. The van der Waals surface area contributed by atoms with Crippen LogP contribution in [0.4, 0.5) is 5.82 Å². The first-order valence-electron chi connectivity index (χ1n) is 8.79. The number of nitrogens with zero attached hydrogens (tertiary/aromatic N) is 1. The number of phenols is 1. The van der Waals surface area contributed by atoms with Crippen LogP contribution in [0.15, 0.2) is 23.0 Å². The number of phenolic OH excluding ortho intramolecular Hbond substituents is 1. The quantitative estimate of drug-likeness (QED) is 0.723. The fourth-order valence-corrected chi connectivity index (χ4v) is 5.11. The normalized spacial score (nSPS) is 21.1. The second-order valence-electron chi connectivity index (χ2n) is 6.82. The maximum absolute atomic E-state index is 12.8. The van der Waals surface area contributed by atoms with Gasteiger partial charge in [-0.3, -0.25) is 19.4 Å². The molecule has 0 bridgehead atoms. The number of aromatic amines is 1. The highest BCUT2D eigenvalue weighted by Gasteiger charge is 2.32. The molecule has 0 saturated heterocycles. The Labute approximate surface area is 159 Å². The number of hydrogen-bond acceptors (Lipinski definition) is 4. The molecule has 2 aromatic rings. The Kier molecular flexibility index (Phi) is 4.75. The molecule has 1 aliphatic heterocycles. The Hall–Kier alpha value is -1.86. The molecule has 1 aliphatic carbocycles. The zero-order chi connectivity index (χ0) is 18.3. The number of fused-ring (bicyclic) bond motifs is 1. The molecule has 1 aromatic heterocycles. The molecule has 1 aromatic carbocycles. The van der Waals surface area contributed by atoms with Gasteiger partial charge in [-0.25, -0.2) is 0 Å². The minimum atomic E-state index is -0.323. The van der Waals surface area contributed by atoms with Crippen molar-refractivity contribution in [3.05, 3.63) is 44.7 Å². The zero-order valence-electron chi connectivity index (χ0n) is 14.1. The summed E-state index contributed by atoms with van der Waals surface area (Å²) in [6.07, 6.45) is 5.45. The van der Waals surface area contributed by atoms with Crippen LogP contribution in [0.25, 0.3) is 0 Å². The second kappa shape index (κ2) is 7.04. The van der Waals surface area contributed by atoms with Crippen molar-refractivity contribution in [3.63, 3.8) is 0 Å². The van der Waals surface area contributed by atoms with Gasteiger partial charge in [0.2, 0.25) is 5.91 Å². The predicted molar refractivity (Wildman–Crippen MR) is 103 cm³/mol. The van der Waals surface area contributed by atoms with Crippen molar-refractivity contribution in [1.29, 1.82) is 0 Å². The summed E-state index contributed by atoms with van der Waals surface area (Å²) in [5.74, 6) is 0.706. The maximum Gasteiger partial charge on any atom is 0.270 e. The number of benzene rings is 1. The van der Waals surface area contributed by atoms with Crippen molar-refractivity contribution in [2.75, 3.05) is 11.1 Å². The van der Waals surface area contributed by atoms with Crippen LogP contribution in [0.3, 0.4) is 0 Å². The molecule has 2 heterocycles. The number of anilines is 1. The molecule has 0 spiro atoms. The van der Waals surface area contributed by atoms with Crippen LogP contribution in [0.1, 0.15) is 54.5 Å². The molecule has 26 heavy (non-hydrogen) atoms. The van der Waals surface area contributed by atoms with E-state index in [-0.39, 0.29) is 39.3 Å². The molecule has 0 radical (unpaired) electrons. The van der Waals surface area contributed by atoms with E-state index in [1.165, 1.54) is 24.2 Å². The van der Waals surface area contributed by atoms with Gasteiger partial charge < -0.3 is 10.4 Å². The van der Waals surface area contributed by atoms with Crippen molar-refractivity contribution in [1.82, 2.24) is 9.78 Å². The Morgan fingerprint density at radius 1 is 1.19 bits per heavy atom. The predicted octanol–water partition coefficient (Wildman–Crippen LogP) is 3.82. The van der Waals surface area contributed by atoms with E-state index in [1.54, 1.807) is 12.1 Å². The highest BCUT2D eigenvalue weighted by atomic mass is 35.5. The number of amides is 1. The summed E-state index contributed by atoms with van der Waals surface area (Å²) in [7, 11) is 0. The van der Waals surface area contributed by atoms with Gasteiger partial charge >= 0.3 is 0 Å². The molecule has 1 saturated carbocycles. The van der Waals surface area contributed by atoms with E-state index in [1.807, 2.05) is 4.68 Å². The van der Waals surface area contributed by atoms with E-state index in [0.29, 0.717) is 11.4 Å². The molecule has 3 N–H and O–H groups in total. The summed E-state index contributed by atoms with van der Waals surface area (Å²) in [4.78, 5) is 25.1. The molecule has 1 fully saturated rings. The molecule has 2 aliphatic rings. The van der Waals surface area contributed by atoms with Crippen LogP contribution in [-0.4, -0.2) is 26.5 Å². The van der Waals surface area contributed by atoms with Gasteiger partial charge in [-0.05, 0) is 30.5 Å². The number of rotatable bonds is 2. The number of thioether (sulfide) groups is 1. The molecule has 6 nitrogen and oxygen atoms in total. The number of nitrogens with one attached hydrogen (secondary N) is 2. The van der Waals surface area contributed by atoms with Gasteiger partial charge in [0.1, 0.15) is 11.6 Å². The second-order valence-corrected chi connectivity index (χ2v) is 8.32. The van der Waals surface area contributed by atoms with Crippen LogP contribution in [0.5, 0.6) is 5.75 Å². The maximum atomic E-state index is 12.8. The largest absolute Gasteiger partial charge is 0.506 e. The summed E-state index contributed by atoms with van der Waals surface area (Å²) in [5, 5.41) is 15.5. The van der Waals surface area contributed by atoms with E-state index >= 15 is 0 Å². The number of aromatic nitrogens is 2. The SMILES string of the molecule is O=C1CSC(c2ccc(O)c(Cl)c2)c2c(n(C3CCCCC3)[nH]c2=O)N1. The molecular formula is C18H20ClN3O3S. The molecular weight excluding hydrogens is 374 g/mol. The van der Waals surface area contributed by atoms with Gasteiger partial charge in [-0.15, -0.1) is 11.8 Å². The zero-order valence-corrected chi connectivity index (χ0v) is 15.7. The van der Waals surface area contributed by atoms with Crippen LogP contribution >= 0.6 is 23.4 Å². The highest BCUT2D eigenvalue weighted by molar-refractivity contribution is 8.00. The molecule has 1 amide bonds. The first kappa shape index (κ1) is 17.5. The van der Waals surface area contributed by atoms with E-state index in [2.05, 4.69) is 10.4 Å². The van der Waals surface area contributed by atoms with Gasteiger partial charge in [0, 0.05) is 0 Å². The summed E-state index contributed by atoms with van der Waals surface area (Å²) >= 11 is 7.45. The van der Waals surface area contributed by atoms with Gasteiger partial charge in [0.15, 0.2) is 0 Å². The fourth-order valence-electron chi connectivity index (χ4n) is 3.81. The Morgan fingerprint density at radius 2 is 1.96 bits per heavy atom. The van der Waals surface area contributed by atoms with Crippen LogP contribution in [-0.2, 0) is 4.79 Å². The number of H-pyrrole nitrogens is 1. The van der Waals surface area contributed by atoms with E-state index < -0.39 is 0 Å². The van der Waals surface area contributed by atoms with Crippen molar-refractivity contribution in [2.24, 2.45) is 0 Å². The fraction of sp³-hybridized carbons (Fsp3) is 0.444. The van der Waals surface area contributed by atoms with Crippen molar-refractivity contribution in [3.8, 4) is 5.75 Å². The van der Waals surface area contributed by atoms with Gasteiger partial charge in [-0.2, -0.15) is 0 Å². The highest BCUT2D eigenvalue weighted by Crippen LogP contribution is 2.43. The van der Waals surface area contributed by atoms with E-state index in [9.17, 15) is 14.7 Å². The summed E-state index contributed by atoms with van der Waals surface area (Å²) in [6.45, 7) is 0. The minimum absolute atomic E-state index is 0.00264. The van der Waals surface area contributed by atoms with Gasteiger partial charge in [0.05, 0.1) is 27.6 Å². The smallest absolute Gasteiger partial charge is 0.270 e. The van der Waals surface area contributed by atoms with Gasteiger partial charge in [0.25, 0.3) is 5.56 Å². The van der Waals surface area contributed by atoms with E-state index in [0.717, 1.165) is 31.2 Å². The number of hydrogen-bond donors (Lipinski definition) is 3. The molecule has 138 valence electrons. The minimum Gasteiger partial charge on any atom is -0.506 e. The lowest BCUT2D eigenvalue weighted by molar-refractivity contribution is -0.113. The van der Waals surface area contributed by atoms with Crippen molar-refractivity contribution in [2.45, 2.75) is 43.4 Å². The first-order valence-corrected chi connectivity index (χ1v) is 10.2. The summed E-state index contributed by atoms with van der Waals surface area (Å²) in [6, 6.07) is 5.12. The molecule has 4 rings (SSSR count). The van der Waals surface area contributed by atoms with Gasteiger partial charge in [-0.1, -0.05) is 36.9 Å². The number of carbonyl (C=O) groups is 1. The Balaban J connectivity index is 1.82. The third-order valence-corrected chi connectivity index (χ3v) is 6.65. The van der Waals surface area contributed by atoms with Crippen molar-refractivity contribution >= 4 is 35.1 Å². The third kappa shape index (κ3) is 3.14. The van der Waals surface area contributed by atoms with Crippen LogP contribution in [0, 0.1) is 0 Å². The average Bonchev–Trinajstić information content (AvgIpc) is 2.84. The summed E-state index contributed by atoms with van der Waals surface area (Å²) in [5.41, 5.74) is 1.16. The number of aromatic hydroxyl groups is 1. The molecule has 1 unspecified atom stereocenters. The van der Waals surface area contributed by atoms with E-state index in [4.69, 9.17) is 11.6 Å². The van der Waals surface area contributed by atoms with Crippen LogP contribution < -0.4 is 10.9 Å². The lowest BCUT2D eigenvalue weighted by atomic mass is 9.95.